The number of methoxy groups -OCH3 is 1. The summed E-state index contributed by atoms with van der Waals surface area (Å²) < 4.78 is 5.23. The van der Waals surface area contributed by atoms with Crippen LogP contribution in [0.4, 0.5) is 0 Å². The number of fused-ring (bicyclic) bond motifs is 1. The molecule has 1 aliphatic rings. The Morgan fingerprint density at radius 2 is 2.11 bits per heavy atom. The highest BCUT2D eigenvalue weighted by Crippen LogP contribution is 2.34. The van der Waals surface area contributed by atoms with E-state index in [1.54, 1.807) is 18.2 Å². The molecular weight excluding hydrogens is 234 g/mol. The second kappa shape index (κ2) is 5.04. The Bertz CT molecular complexity index is 604. The second-order valence-electron chi connectivity index (χ2n) is 5.02. The summed E-state index contributed by atoms with van der Waals surface area (Å²) in [5.41, 5.74) is 7.17. The van der Waals surface area contributed by atoms with Gasteiger partial charge in [0.15, 0.2) is 0 Å². The zero-order valence-electron chi connectivity index (χ0n) is 11.6. The zero-order valence-corrected chi connectivity index (χ0v) is 11.6. The third-order valence-corrected chi connectivity index (χ3v) is 4.01. The molecule has 1 aromatic heterocycles. The molecule has 1 aromatic carbocycles. The van der Waals surface area contributed by atoms with E-state index in [2.05, 4.69) is 30.1 Å². The molecule has 19 heavy (non-hydrogen) atoms. The number of benzene rings is 1. The van der Waals surface area contributed by atoms with E-state index >= 15 is 0 Å². The molecule has 0 N–H and O–H groups in total. The first-order valence-corrected chi connectivity index (χ1v) is 6.97. The minimum atomic E-state index is 0.681. The van der Waals surface area contributed by atoms with Gasteiger partial charge in [0.2, 0.25) is 5.88 Å². The first kappa shape index (κ1) is 12.2. The highest BCUT2D eigenvalue weighted by molar-refractivity contribution is 5.70. The molecule has 3 rings (SSSR count). The number of pyridine rings is 1. The number of hydrogen-bond donors (Lipinski definition) is 0. The molecule has 0 spiro atoms. The average molecular weight is 253 g/mol. The van der Waals surface area contributed by atoms with Gasteiger partial charge in [0.25, 0.3) is 0 Å². The van der Waals surface area contributed by atoms with E-state index < -0.39 is 0 Å². The van der Waals surface area contributed by atoms with Gasteiger partial charge in [0.1, 0.15) is 0 Å². The number of ether oxygens (including phenoxy) is 1. The van der Waals surface area contributed by atoms with Crippen molar-refractivity contribution < 1.29 is 4.74 Å². The van der Waals surface area contributed by atoms with E-state index in [-0.39, 0.29) is 0 Å². The quantitative estimate of drug-likeness (QED) is 0.830. The molecule has 1 aliphatic carbocycles. The molecule has 2 aromatic rings. The van der Waals surface area contributed by atoms with Crippen molar-refractivity contribution in [3.8, 4) is 17.0 Å². The molecule has 1 heterocycles. The van der Waals surface area contributed by atoms with Gasteiger partial charge in [-0.05, 0) is 59.6 Å². The summed E-state index contributed by atoms with van der Waals surface area (Å²) in [4.78, 5) is 4.19. The van der Waals surface area contributed by atoms with E-state index in [0.717, 1.165) is 6.42 Å². The predicted molar refractivity (Wildman–Crippen MR) is 77.6 cm³/mol. The van der Waals surface area contributed by atoms with Crippen LogP contribution in [-0.2, 0) is 19.3 Å². The van der Waals surface area contributed by atoms with Crippen LogP contribution in [0.1, 0.15) is 30.0 Å². The molecule has 98 valence electrons. The maximum Gasteiger partial charge on any atom is 0.213 e. The van der Waals surface area contributed by atoms with Gasteiger partial charge in [0, 0.05) is 12.3 Å². The van der Waals surface area contributed by atoms with Gasteiger partial charge < -0.3 is 4.74 Å². The summed E-state index contributed by atoms with van der Waals surface area (Å²) in [5.74, 6) is 0.681. The van der Waals surface area contributed by atoms with Crippen LogP contribution in [0, 0.1) is 0 Å². The molecule has 0 bridgehead atoms. The third kappa shape index (κ3) is 2.12. The molecule has 0 amide bonds. The standard InChI is InChI=1S/C17H19NO/c1-3-14-15-6-4-5-12(15)7-8-16(14)13-9-10-18-17(11-13)19-2/h7-11H,3-6H2,1-2H3. The average Bonchev–Trinajstić information content (AvgIpc) is 2.94. The van der Waals surface area contributed by atoms with Crippen LogP contribution < -0.4 is 4.74 Å². The van der Waals surface area contributed by atoms with Crippen LogP contribution in [0.15, 0.2) is 30.5 Å². The summed E-state index contributed by atoms with van der Waals surface area (Å²) in [6.45, 7) is 2.25. The van der Waals surface area contributed by atoms with E-state index in [9.17, 15) is 0 Å². The van der Waals surface area contributed by atoms with Gasteiger partial charge in [-0.15, -0.1) is 0 Å². The van der Waals surface area contributed by atoms with Crippen LogP contribution in [0.3, 0.4) is 0 Å². The highest BCUT2D eigenvalue weighted by atomic mass is 16.5. The summed E-state index contributed by atoms with van der Waals surface area (Å²) in [7, 11) is 1.66. The SMILES string of the molecule is CCc1c(-c2ccnc(OC)c2)ccc2c1CCC2. The maximum absolute atomic E-state index is 5.23. The number of nitrogens with zero attached hydrogens (tertiary/aromatic N) is 1. The lowest BCUT2D eigenvalue weighted by atomic mass is 9.92. The number of aryl methyl sites for hydroxylation is 1. The van der Waals surface area contributed by atoms with Crippen LogP contribution in [0.25, 0.3) is 11.1 Å². The summed E-state index contributed by atoms with van der Waals surface area (Å²) >= 11 is 0. The van der Waals surface area contributed by atoms with Crippen molar-refractivity contribution in [1.29, 1.82) is 0 Å². The molecule has 2 nitrogen and oxygen atoms in total. The molecule has 0 saturated heterocycles. The van der Waals surface area contributed by atoms with E-state index in [1.165, 1.54) is 36.0 Å². The smallest absolute Gasteiger partial charge is 0.213 e. The Kier molecular flexibility index (Phi) is 3.24. The normalized spacial score (nSPS) is 13.4. The van der Waals surface area contributed by atoms with Gasteiger partial charge in [-0.1, -0.05) is 19.1 Å². The summed E-state index contributed by atoms with van der Waals surface area (Å²) in [6.07, 6.45) is 6.67. The number of aromatic nitrogens is 1. The first-order chi connectivity index (χ1) is 9.33. The predicted octanol–water partition coefficient (Wildman–Crippen LogP) is 3.81. The van der Waals surface area contributed by atoms with Crippen molar-refractivity contribution in [3.05, 3.63) is 47.2 Å². The van der Waals surface area contributed by atoms with Gasteiger partial charge in [0.05, 0.1) is 7.11 Å². The van der Waals surface area contributed by atoms with Gasteiger partial charge in [-0.25, -0.2) is 4.98 Å². The molecule has 0 atom stereocenters. The number of hydrogen-bond acceptors (Lipinski definition) is 2. The Labute approximate surface area is 114 Å². The van der Waals surface area contributed by atoms with Gasteiger partial charge in [-0.2, -0.15) is 0 Å². The Balaban J connectivity index is 2.14. The topological polar surface area (TPSA) is 22.1 Å². The Morgan fingerprint density at radius 3 is 2.89 bits per heavy atom. The van der Waals surface area contributed by atoms with Crippen LogP contribution in [0.2, 0.25) is 0 Å². The van der Waals surface area contributed by atoms with E-state index in [4.69, 9.17) is 4.74 Å². The van der Waals surface area contributed by atoms with Gasteiger partial charge in [-0.3, -0.25) is 0 Å². The molecule has 2 heteroatoms. The molecule has 0 saturated carbocycles. The van der Waals surface area contributed by atoms with Crippen LogP contribution in [0.5, 0.6) is 5.88 Å². The lowest BCUT2D eigenvalue weighted by Gasteiger charge is -2.14. The zero-order chi connectivity index (χ0) is 13.2. The van der Waals surface area contributed by atoms with Crippen LogP contribution in [-0.4, -0.2) is 12.1 Å². The molecular formula is C17H19NO. The van der Waals surface area contributed by atoms with E-state index in [0.29, 0.717) is 5.88 Å². The third-order valence-electron chi connectivity index (χ3n) is 4.01. The first-order valence-electron chi connectivity index (χ1n) is 6.97. The monoisotopic (exact) mass is 253 g/mol. The molecule has 0 radical (unpaired) electrons. The minimum absolute atomic E-state index is 0.681. The van der Waals surface area contributed by atoms with E-state index in [1.807, 2.05) is 12.3 Å². The van der Waals surface area contributed by atoms with Crippen molar-refractivity contribution in [2.75, 3.05) is 7.11 Å². The van der Waals surface area contributed by atoms with Crippen molar-refractivity contribution in [1.82, 2.24) is 4.98 Å². The molecule has 0 aliphatic heterocycles. The lowest BCUT2D eigenvalue weighted by Crippen LogP contribution is -1.96. The molecule has 0 fully saturated rings. The van der Waals surface area contributed by atoms with Crippen molar-refractivity contribution >= 4 is 0 Å². The largest absolute Gasteiger partial charge is 0.481 e. The molecule has 0 unspecified atom stereocenters. The van der Waals surface area contributed by atoms with Crippen LogP contribution >= 0.6 is 0 Å². The van der Waals surface area contributed by atoms with Gasteiger partial charge >= 0.3 is 0 Å². The number of rotatable bonds is 3. The lowest BCUT2D eigenvalue weighted by molar-refractivity contribution is 0.398. The summed E-state index contributed by atoms with van der Waals surface area (Å²) in [5, 5.41) is 0. The Hall–Kier alpha value is -1.83. The maximum atomic E-state index is 5.23. The fourth-order valence-electron chi connectivity index (χ4n) is 3.11. The van der Waals surface area contributed by atoms with Crippen molar-refractivity contribution in [2.24, 2.45) is 0 Å². The Morgan fingerprint density at radius 1 is 1.21 bits per heavy atom. The summed E-state index contributed by atoms with van der Waals surface area (Å²) in [6, 6.07) is 8.65. The fourth-order valence-corrected chi connectivity index (χ4v) is 3.11. The van der Waals surface area contributed by atoms with Crippen molar-refractivity contribution in [3.63, 3.8) is 0 Å². The minimum Gasteiger partial charge on any atom is -0.481 e. The van der Waals surface area contributed by atoms with Crippen molar-refractivity contribution in [2.45, 2.75) is 32.6 Å². The highest BCUT2D eigenvalue weighted by Gasteiger charge is 2.17. The fraction of sp³-hybridized carbons (Fsp3) is 0.353. The second-order valence-corrected chi connectivity index (χ2v) is 5.02.